The molecule has 0 saturated carbocycles. The monoisotopic (exact) mass is 481 g/mol. The molecule has 10 heteroatoms. The van der Waals surface area contributed by atoms with Crippen LogP contribution in [-0.2, 0) is 17.5 Å². The van der Waals surface area contributed by atoms with E-state index in [1.54, 1.807) is 42.6 Å². The zero-order valence-corrected chi connectivity index (χ0v) is 18.5. The second kappa shape index (κ2) is 10.4. The first-order valence-corrected chi connectivity index (χ1v) is 10.7. The molecular weight excluding hydrogens is 459 g/mol. The molecule has 1 aliphatic rings. The van der Waals surface area contributed by atoms with Crippen molar-refractivity contribution in [3.8, 4) is 11.5 Å². The van der Waals surface area contributed by atoms with Crippen LogP contribution in [0.3, 0.4) is 0 Å². The molecule has 3 aromatic rings. The number of nitrogens with one attached hydrogen (secondary N) is 2. The number of hydrogen-bond donors (Lipinski definition) is 3. The van der Waals surface area contributed by atoms with Gasteiger partial charge in [0.1, 0.15) is 23.0 Å². The molecule has 0 bridgehead atoms. The Morgan fingerprint density at radius 3 is 2.71 bits per heavy atom. The maximum atomic E-state index is 13.2. The van der Waals surface area contributed by atoms with Gasteiger partial charge in [0.15, 0.2) is 0 Å². The Bertz CT molecular complexity index is 1290. The van der Waals surface area contributed by atoms with Crippen LogP contribution < -0.4 is 21.1 Å². The fourth-order valence-corrected chi connectivity index (χ4v) is 3.44. The summed E-state index contributed by atoms with van der Waals surface area (Å²) in [5.41, 5.74) is 5.84. The van der Waals surface area contributed by atoms with Crippen molar-refractivity contribution in [1.29, 1.82) is 0 Å². The van der Waals surface area contributed by atoms with E-state index in [-0.39, 0.29) is 17.8 Å². The summed E-state index contributed by atoms with van der Waals surface area (Å²) in [6, 6.07) is 14.0. The number of amides is 1. The van der Waals surface area contributed by atoms with Crippen LogP contribution in [0, 0.1) is 0 Å². The van der Waals surface area contributed by atoms with Gasteiger partial charge in [-0.15, -0.1) is 0 Å². The Morgan fingerprint density at radius 1 is 1.14 bits per heavy atom. The van der Waals surface area contributed by atoms with Crippen molar-refractivity contribution in [2.75, 3.05) is 18.4 Å². The maximum Gasteiger partial charge on any atom is 0.416 e. The number of benzene rings is 2. The number of pyridine rings is 1. The Kier molecular flexibility index (Phi) is 7.11. The van der Waals surface area contributed by atoms with E-state index in [0.29, 0.717) is 29.3 Å². The van der Waals surface area contributed by atoms with Crippen molar-refractivity contribution in [3.63, 3.8) is 0 Å². The molecule has 7 nitrogen and oxygen atoms in total. The molecule has 0 aliphatic carbocycles. The standard InChI is InChI=1S/C25H22F3N5O2/c26-25(27,28)21-13-18(6-5-17(21)15-29)33-23(34)7-4-16-2-1-3-19(12-16)35-20-8-9-30-22(14-20)24-31-10-11-32-24/h1-9,12-14H,10-11,15,29H2,(H,31,32)(H,33,34). The van der Waals surface area contributed by atoms with Gasteiger partial charge in [0.2, 0.25) is 5.91 Å². The highest BCUT2D eigenvalue weighted by molar-refractivity contribution is 6.02. The van der Waals surface area contributed by atoms with E-state index in [1.165, 1.54) is 24.3 Å². The summed E-state index contributed by atoms with van der Waals surface area (Å²) < 4.78 is 45.5. The molecule has 2 heterocycles. The minimum atomic E-state index is -4.57. The molecular formula is C25H22F3N5O2. The molecule has 1 aromatic heterocycles. The lowest BCUT2D eigenvalue weighted by Gasteiger charge is -2.13. The van der Waals surface area contributed by atoms with Crippen LogP contribution in [0.5, 0.6) is 11.5 Å². The number of carbonyl (C=O) groups excluding carboxylic acids is 1. The molecule has 0 radical (unpaired) electrons. The van der Waals surface area contributed by atoms with E-state index in [4.69, 9.17) is 10.5 Å². The summed E-state index contributed by atoms with van der Waals surface area (Å²) in [4.78, 5) is 20.9. The first-order valence-electron chi connectivity index (χ1n) is 10.7. The van der Waals surface area contributed by atoms with Gasteiger partial charge in [0, 0.05) is 37.1 Å². The molecule has 1 aliphatic heterocycles. The Hall–Kier alpha value is -4.18. The highest BCUT2D eigenvalue weighted by Crippen LogP contribution is 2.33. The first kappa shape index (κ1) is 24.0. The molecule has 4 N–H and O–H groups in total. The van der Waals surface area contributed by atoms with Gasteiger partial charge < -0.3 is 21.1 Å². The van der Waals surface area contributed by atoms with Crippen LogP contribution in [0.25, 0.3) is 6.08 Å². The van der Waals surface area contributed by atoms with E-state index < -0.39 is 17.6 Å². The number of halogens is 3. The van der Waals surface area contributed by atoms with Gasteiger partial charge in [-0.2, -0.15) is 13.2 Å². The van der Waals surface area contributed by atoms with E-state index in [1.807, 2.05) is 0 Å². The van der Waals surface area contributed by atoms with Crippen molar-refractivity contribution in [2.24, 2.45) is 10.7 Å². The van der Waals surface area contributed by atoms with Crippen molar-refractivity contribution in [3.05, 3.63) is 89.3 Å². The third kappa shape index (κ3) is 6.24. The average molecular weight is 481 g/mol. The second-order valence-corrected chi connectivity index (χ2v) is 7.60. The number of hydrogen-bond acceptors (Lipinski definition) is 6. The third-order valence-corrected chi connectivity index (χ3v) is 5.07. The first-order chi connectivity index (χ1) is 16.8. The number of rotatable bonds is 7. The number of alkyl halides is 3. The highest BCUT2D eigenvalue weighted by atomic mass is 19.4. The molecule has 0 spiro atoms. The van der Waals surface area contributed by atoms with Crippen LogP contribution in [-0.4, -0.2) is 29.8 Å². The number of aromatic nitrogens is 1. The van der Waals surface area contributed by atoms with Gasteiger partial charge in [-0.05, 0) is 47.5 Å². The van der Waals surface area contributed by atoms with Gasteiger partial charge in [0.25, 0.3) is 0 Å². The predicted octanol–water partition coefficient (Wildman–Crippen LogP) is 4.35. The minimum Gasteiger partial charge on any atom is -0.457 e. The molecule has 4 rings (SSSR count). The zero-order chi connectivity index (χ0) is 24.8. The number of anilines is 1. The summed E-state index contributed by atoms with van der Waals surface area (Å²) in [5, 5.41) is 5.60. The second-order valence-electron chi connectivity index (χ2n) is 7.60. The van der Waals surface area contributed by atoms with Crippen molar-refractivity contribution < 1.29 is 22.7 Å². The summed E-state index contributed by atoms with van der Waals surface area (Å²) >= 11 is 0. The molecule has 2 aromatic carbocycles. The number of aliphatic imine (C=N–C) groups is 1. The van der Waals surface area contributed by atoms with E-state index >= 15 is 0 Å². The van der Waals surface area contributed by atoms with Crippen LogP contribution >= 0.6 is 0 Å². The lowest BCUT2D eigenvalue weighted by molar-refractivity contribution is -0.138. The van der Waals surface area contributed by atoms with Crippen molar-refractivity contribution >= 4 is 23.5 Å². The summed E-state index contributed by atoms with van der Waals surface area (Å²) in [7, 11) is 0. The topological polar surface area (TPSA) is 102 Å². The van der Waals surface area contributed by atoms with Gasteiger partial charge >= 0.3 is 6.18 Å². The van der Waals surface area contributed by atoms with E-state index in [2.05, 4.69) is 20.6 Å². The van der Waals surface area contributed by atoms with Crippen LogP contribution in [0.15, 0.2) is 71.9 Å². The number of carbonyl (C=O) groups is 1. The Morgan fingerprint density at radius 2 is 1.97 bits per heavy atom. The van der Waals surface area contributed by atoms with Crippen LogP contribution in [0.2, 0.25) is 0 Å². The van der Waals surface area contributed by atoms with Crippen LogP contribution in [0.4, 0.5) is 18.9 Å². The number of nitrogens with two attached hydrogens (primary N) is 1. The molecule has 1 amide bonds. The van der Waals surface area contributed by atoms with Gasteiger partial charge in [-0.1, -0.05) is 18.2 Å². The maximum absolute atomic E-state index is 13.2. The van der Waals surface area contributed by atoms with Gasteiger partial charge in [-0.25, -0.2) is 0 Å². The summed E-state index contributed by atoms with van der Waals surface area (Å²) in [6.07, 6.45) is -0.165. The molecule has 0 fully saturated rings. The largest absolute Gasteiger partial charge is 0.457 e. The zero-order valence-electron chi connectivity index (χ0n) is 18.5. The Balaban J connectivity index is 1.42. The number of amidine groups is 1. The molecule has 0 saturated heterocycles. The smallest absolute Gasteiger partial charge is 0.416 e. The number of nitrogens with zero attached hydrogens (tertiary/aromatic N) is 2. The van der Waals surface area contributed by atoms with E-state index in [0.717, 1.165) is 18.4 Å². The predicted molar refractivity (Wildman–Crippen MR) is 127 cm³/mol. The van der Waals surface area contributed by atoms with Gasteiger partial charge in [-0.3, -0.25) is 14.8 Å². The van der Waals surface area contributed by atoms with Crippen molar-refractivity contribution in [1.82, 2.24) is 10.3 Å². The normalized spacial score (nSPS) is 13.4. The molecule has 0 unspecified atom stereocenters. The fourth-order valence-electron chi connectivity index (χ4n) is 3.44. The number of ether oxygens (including phenoxy) is 1. The fraction of sp³-hybridized carbons (Fsp3) is 0.160. The molecule has 0 atom stereocenters. The summed E-state index contributed by atoms with van der Waals surface area (Å²) in [6.45, 7) is 1.22. The van der Waals surface area contributed by atoms with E-state index in [9.17, 15) is 18.0 Å². The SMILES string of the molecule is NCc1ccc(NC(=O)C=Cc2cccc(Oc3ccnc(C4=NCCN4)c3)c2)cc1C(F)(F)F. The third-order valence-electron chi connectivity index (χ3n) is 5.07. The van der Waals surface area contributed by atoms with Gasteiger partial charge in [0.05, 0.1) is 12.1 Å². The molecule has 35 heavy (non-hydrogen) atoms. The Labute approximate surface area is 199 Å². The average Bonchev–Trinajstić information content (AvgIpc) is 3.38. The lowest BCUT2D eigenvalue weighted by atomic mass is 10.1. The minimum absolute atomic E-state index is 0.0242. The summed E-state index contributed by atoms with van der Waals surface area (Å²) in [5.74, 6) is 1.26. The lowest BCUT2D eigenvalue weighted by Crippen LogP contribution is -2.20. The molecule has 180 valence electrons. The highest BCUT2D eigenvalue weighted by Gasteiger charge is 2.33. The quantitative estimate of drug-likeness (QED) is 0.436. The van der Waals surface area contributed by atoms with Crippen LogP contribution in [0.1, 0.15) is 22.4 Å². The van der Waals surface area contributed by atoms with Crippen molar-refractivity contribution in [2.45, 2.75) is 12.7 Å².